The Bertz CT molecular complexity index is 909. The maximum atomic E-state index is 12.3. The van der Waals surface area contributed by atoms with Crippen molar-refractivity contribution in [2.24, 2.45) is 0 Å². The van der Waals surface area contributed by atoms with Crippen molar-refractivity contribution in [3.8, 4) is 5.88 Å². The van der Waals surface area contributed by atoms with Crippen LogP contribution in [0.25, 0.3) is 0 Å². The summed E-state index contributed by atoms with van der Waals surface area (Å²) >= 11 is 1.49. The van der Waals surface area contributed by atoms with E-state index in [2.05, 4.69) is 20.3 Å². The predicted molar refractivity (Wildman–Crippen MR) is 101 cm³/mol. The number of carbonyl (C=O) groups is 1. The highest BCUT2D eigenvalue weighted by molar-refractivity contribution is 7.99. The normalized spacial score (nSPS) is 10.4. The lowest BCUT2D eigenvalue weighted by Gasteiger charge is -2.07. The summed E-state index contributed by atoms with van der Waals surface area (Å²) in [5.41, 5.74) is 3.07. The fraction of sp³-hybridized carbons (Fsp3) is 0.158. The summed E-state index contributed by atoms with van der Waals surface area (Å²) in [5, 5.41) is 3.57. The Morgan fingerprint density at radius 3 is 2.38 bits per heavy atom. The van der Waals surface area contributed by atoms with Gasteiger partial charge in [0.25, 0.3) is 5.91 Å². The molecular formula is C19H18N4O2S. The Labute approximate surface area is 156 Å². The molecule has 0 aliphatic carbocycles. The van der Waals surface area contributed by atoms with E-state index < -0.39 is 0 Å². The molecule has 3 aromatic rings. The van der Waals surface area contributed by atoms with E-state index in [9.17, 15) is 4.79 Å². The summed E-state index contributed by atoms with van der Waals surface area (Å²) in [6.45, 7) is 3.90. The first kappa shape index (κ1) is 17.9. The summed E-state index contributed by atoms with van der Waals surface area (Å²) < 4.78 is 5.04. The molecule has 0 saturated heterocycles. The van der Waals surface area contributed by atoms with E-state index in [1.807, 2.05) is 44.2 Å². The van der Waals surface area contributed by atoms with E-state index in [4.69, 9.17) is 4.74 Å². The summed E-state index contributed by atoms with van der Waals surface area (Å²) in [6.07, 6.45) is 1.54. The van der Waals surface area contributed by atoms with Gasteiger partial charge in [-0.1, -0.05) is 0 Å². The lowest BCUT2D eigenvalue weighted by Crippen LogP contribution is -2.12. The fourth-order valence-corrected chi connectivity index (χ4v) is 3.18. The number of methoxy groups -OCH3 is 1. The molecule has 0 spiro atoms. The van der Waals surface area contributed by atoms with Gasteiger partial charge in [-0.15, -0.1) is 0 Å². The number of aromatic nitrogens is 3. The molecule has 1 amide bonds. The Hall–Kier alpha value is -2.93. The molecule has 0 aliphatic heterocycles. The van der Waals surface area contributed by atoms with Crippen molar-refractivity contribution in [3.05, 3.63) is 65.6 Å². The van der Waals surface area contributed by atoms with Crippen LogP contribution >= 0.6 is 11.8 Å². The number of nitrogens with one attached hydrogen (secondary N) is 1. The number of benzene rings is 1. The second-order valence-electron chi connectivity index (χ2n) is 5.60. The Balaban J connectivity index is 1.68. The number of pyridine rings is 1. The third kappa shape index (κ3) is 4.58. The molecule has 2 aromatic heterocycles. The third-order valence-electron chi connectivity index (χ3n) is 3.49. The summed E-state index contributed by atoms with van der Waals surface area (Å²) in [4.78, 5) is 26.1. The van der Waals surface area contributed by atoms with Crippen LogP contribution in [-0.4, -0.2) is 28.0 Å². The summed E-state index contributed by atoms with van der Waals surface area (Å²) in [5.74, 6) is 0.182. The molecule has 0 radical (unpaired) electrons. The maximum absolute atomic E-state index is 12.3. The van der Waals surface area contributed by atoms with Crippen molar-refractivity contribution in [1.82, 2.24) is 15.0 Å². The third-order valence-corrected chi connectivity index (χ3v) is 4.36. The number of anilines is 1. The second kappa shape index (κ2) is 7.97. The van der Waals surface area contributed by atoms with Gasteiger partial charge >= 0.3 is 0 Å². The van der Waals surface area contributed by atoms with E-state index in [1.165, 1.54) is 25.1 Å². The average molecular weight is 366 g/mol. The standard InChI is InChI=1S/C19H18N4O2S/c1-12-10-13(2)22-19(21-12)26-16-6-4-15(5-7-16)23-18(24)14-8-9-20-17(11-14)25-3/h4-11H,1-3H3,(H,23,24). The fourth-order valence-electron chi connectivity index (χ4n) is 2.32. The highest BCUT2D eigenvalue weighted by atomic mass is 32.2. The molecular weight excluding hydrogens is 348 g/mol. The first-order chi connectivity index (χ1) is 12.5. The molecule has 0 aliphatic rings. The van der Waals surface area contributed by atoms with Crippen molar-refractivity contribution < 1.29 is 9.53 Å². The van der Waals surface area contributed by atoms with Crippen molar-refractivity contribution >= 4 is 23.4 Å². The molecule has 2 heterocycles. The number of amides is 1. The molecule has 3 rings (SSSR count). The van der Waals surface area contributed by atoms with Gasteiger partial charge in [-0.05, 0) is 62.0 Å². The molecule has 6 nitrogen and oxygen atoms in total. The van der Waals surface area contributed by atoms with Crippen molar-refractivity contribution in [2.45, 2.75) is 23.9 Å². The van der Waals surface area contributed by atoms with Crippen LogP contribution in [0.15, 0.2) is 58.7 Å². The van der Waals surface area contributed by atoms with Gasteiger partial charge in [0, 0.05) is 39.8 Å². The zero-order valence-electron chi connectivity index (χ0n) is 14.7. The van der Waals surface area contributed by atoms with Gasteiger partial charge in [-0.25, -0.2) is 15.0 Å². The lowest BCUT2D eigenvalue weighted by molar-refractivity contribution is 0.102. The summed E-state index contributed by atoms with van der Waals surface area (Å²) in [6, 6.07) is 12.7. The topological polar surface area (TPSA) is 77.0 Å². The molecule has 0 unspecified atom stereocenters. The maximum Gasteiger partial charge on any atom is 0.255 e. The molecule has 26 heavy (non-hydrogen) atoms. The van der Waals surface area contributed by atoms with Crippen LogP contribution < -0.4 is 10.1 Å². The highest BCUT2D eigenvalue weighted by Crippen LogP contribution is 2.26. The molecule has 0 saturated carbocycles. The second-order valence-corrected chi connectivity index (χ2v) is 6.64. The highest BCUT2D eigenvalue weighted by Gasteiger charge is 2.08. The van der Waals surface area contributed by atoms with Gasteiger partial charge in [0.1, 0.15) is 0 Å². The van der Waals surface area contributed by atoms with E-state index in [-0.39, 0.29) is 5.91 Å². The lowest BCUT2D eigenvalue weighted by atomic mass is 10.2. The van der Waals surface area contributed by atoms with Gasteiger partial charge in [0.15, 0.2) is 5.16 Å². The Morgan fingerprint density at radius 2 is 1.73 bits per heavy atom. The molecule has 7 heteroatoms. The average Bonchev–Trinajstić information content (AvgIpc) is 2.62. The van der Waals surface area contributed by atoms with Crippen molar-refractivity contribution in [2.75, 3.05) is 12.4 Å². The zero-order valence-corrected chi connectivity index (χ0v) is 15.5. The quantitative estimate of drug-likeness (QED) is 0.690. The number of ether oxygens (including phenoxy) is 1. The van der Waals surface area contributed by atoms with Crippen LogP contribution in [0.4, 0.5) is 5.69 Å². The number of hydrogen-bond donors (Lipinski definition) is 1. The molecule has 0 fully saturated rings. The van der Waals surface area contributed by atoms with E-state index in [0.29, 0.717) is 22.3 Å². The Morgan fingerprint density at radius 1 is 1.04 bits per heavy atom. The van der Waals surface area contributed by atoms with Crippen molar-refractivity contribution in [3.63, 3.8) is 0 Å². The number of hydrogen-bond acceptors (Lipinski definition) is 6. The molecule has 132 valence electrons. The molecule has 0 bridgehead atoms. The Kier molecular flexibility index (Phi) is 5.48. The number of aryl methyl sites for hydroxylation is 2. The predicted octanol–water partition coefficient (Wildman–Crippen LogP) is 3.90. The smallest absolute Gasteiger partial charge is 0.255 e. The van der Waals surface area contributed by atoms with Gasteiger partial charge in [0.05, 0.1) is 7.11 Å². The first-order valence-electron chi connectivity index (χ1n) is 7.95. The molecule has 0 atom stereocenters. The van der Waals surface area contributed by atoms with Crippen LogP contribution in [0.5, 0.6) is 5.88 Å². The largest absolute Gasteiger partial charge is 0.481 e. The van der Waals surface area contributed by atoms with Gasteiger partial charge < -0.3 is 10.1 Å². The minimum atomic E-state index is -0.219. The number of nitrogens with zero attached hydrogens (tertiary/aromatic N) is 3. The molecule has 1 N–H and O–H groups in total. The van der Waals surface area contributed by atoms with Gasteiger partial charge in [-0.2, -0.15) is 0 Å². The van der Waals surface area contributed by atoms with Gasteiger partial charge in [0.2, 0.25) is 5.88 Å². The molecule has 1 aromatic carbocycles. The van der Waals surface area contributed by atoms with E-state index in [0.717, 1.165) is 16.3 Å². The van der Waals surface area contributed by atoms with Gasteiger partial charge in [-0.3, -0.25) is 4.79 Å². The van der Waals surface area contributed by atoms with Crippen LogP contribution in [-0.2, 0) is 0 Å². The first-order valence-corrected chi connectivity index (χ1v) is 8.77. The minimum Gasteiger partial charge on any atom is -0.481 e. The van der Waals surface area contributed by atoms with Crippen LogP contribution in [0, 0.1) is 13.8 Å². The summed E-state index contributed by atoms with van der Waals surface area (Å²) in [7, 11) is 1.51. The van der Waals surface area contributed by atoms with E-state index >= 15 is 0 Å². The monoisotopic (exact) mass is 366 g/mol. The minimum absolute atomic E-state index is 0.219. The number of rotatable bonds is 5. The SMILES string of the molecule is COc1cc(C(=O)Nc2ccc(Sc3nc(C)cc(C)n3)cc2)ccn1. The zero-order chi connectivity index (χ0) is 18.5. The van der Waals surface area contributed by atoms with Crippen LogP contribution in [0.2, 0.25) is 0 Å². The number of carbonyl (C=O) groups excluding carboxylic acids is 1. The van der Waals surface area contributed by atoms with E-state index in [1.54, 1.807) is 12.1 Å². The van der Waals surface area contributed by atoms with Crippen molar-refractivity contribution in [1.29, 1.82) is 0 Å². The van der Waals surface area contributed by atoms with Crippen LogP contribution in [0.3, 0.4) is 0 Å². The van der Waals surface area contributed by atoms with Crippen LogP contribution in [0.1, 0.15) is 21.7 Å².